The predicted molar refractivity (Wildman–Crippen MR) is 63.0 cm³/mol. The molecule has 3 aliphatic rings. The van der Waals surface area contributed by atoms with Crippen molar-refractivity contribution in [3.63, 3.8) is 0 Å². The first-order valence-corrected chi connectivity index (χ1v) is 6.54. The number of nitrogens with zero attached hydrogens (tertiary/aromatic N) is 1. The first-order chi connectivity index (χ1) is 8.29. The van der Waals surface area contributed by atoms with Crippen LogP contribution in [0, 0.1) is 17.8 Å². The number of carboxylic acids is 1. The second kappa shape index (κ2) is 3.39. The highest BCUT2D eigenvalue weighted by molar-refractivity contribution is 5.82. The van der Waals surface area contributed by atoms with Gasteiger partial charge in [0, 0.05) is 6.04 Å². The van der Waals surface area contributed by atoms with Crippen LogP contribution in [0.25, 0.3) is 0 Å². The Hall–Kier alpha value is -1.26. The van der Waals surface area contributed by atoms with Gasteiger partial charge in [-0.2, -0.15) is 0 Å². The van der Waals surface area contributed by atoms with E-state index in [1.807, 2.05) is 0 Å². The predicted octanol–water partition coefficient (Wildman–Crippen LogP) is 1.71. The fourth-order valence-corrected chi connectivity index (χ4v) is 3.76. The second-order valence-electron chi connectivity index (χ2n) is 6.70. The van der Waals surface area contributed by atoms with Gasteiger partial charge < -0.3 is 9.84 Å². The van der Waals surface area contributed by atoms with Gasteiger partial charge in [0.2, 0.25) is 0 Å². The Labute approximate surface area is 106 Å². The number of hydrogen-bond acceptors (Lipinski definition) is 3. The molecule has 5 nitrogen and oxygen atoms in total. The van der Waals surface area contributed by atoms with Crippen LogP contribution in [0.1, 0.15) is 33.6 Å². The summed E-state index contributed by atoms with van der Waals surface area (Å²) in [4.78, 5) is 25.0. The number of hydrogen-bond donors (Lipinski definition) is 1. The highest BCUT2D eigenvalue weighted by Crippen LogP contribution is 2.63. The van der Waals surface area contributed by atoms with Crippen LogP contribution >= 0.6 is 0 Å². The average molecular weight is 253 g/mol. The first kappa shape index (κ1) is 11.8. The van der Waals surface area contributed by atoms with Crippen LogP contribution in [0.2, 0.25) is 0 Å². The third-order valence-electron chi connectivity index (χ3n) is 4.37. The maximum Gasteiger partial charge on any atom is 0.411 e. The lowest BCUT2D eigenvalue weighted by atomic mass is 9.97. The van der Waals surface area contributed by atoms with Gasteiger partial charge >= 0.3 is 12.1 Å². The molecule has 3 rings (SSSR count). The van der Waals surface area contributed by atoms with Crippen molar-refractivity contribution in [1.82, 2.24) is 4.90 Å². The Balaban J connectivity index is 1.82. The molecule has 0 unspecified atom stereocenters. The van der Waals surface area contributed by atoms with Crippen molar-refractivity contribution in [2.75, 3.05) is 0 Å². The largest absolute Gasteiger partial charge is 0.480 e. The molecular weight excluding hydrogens is 234 g/mol. The van der Waals surface area contributed by atoms with Gasteiger partial charge in [0.1, 0.15) is 11.6 Å². The average Bonchev–Trinajstić information content (AvgIpc) is 2.81. The van der Waals surface area contributed by atoms with Gasteiger partial charge in [-0.3, -0.25) is 4.90 Å². The van der Waals surface area contributed by atoms with Crippen LogP contribution in [-0.4, -0.2) is 39.8 Å². The number of rotatable bonds is 1. The minimum Gasteiger partial charge on any atom is -0.480 e. The fraction of sp³-hybridized carbons (Fsp3) is 0.846. The Morgan fingerprint density at radius 1 is 1.17 bits per heavy atom. The van der Waals surface area contributed by atoms with Gasteiger partial charge in [-0.1, -0.05) is 0 Å². The lowest BCUT2D eigenvalue weighted by Crippen LogP contribution is -2.51. The van der Waals surface area contributed by atoms with E-state index >= 15 is 0 Å². The van der Waals surface area contributed by atoms with Crippen molar-refractivity contribution in [3.8, 4) is 0 Å². The SMILES string of the molecule is CC(C)(C)OC(=O)N1[C@H](C(=O)O)[C@H]2C[C@H]1[C@H]1C[C@@H]21. The van der Waals surface area contributed by atoms with Crippen LogP contribution in [0.3, 0.4) is 0 Å². The molecule has 0 aromatic rings. The summed E-state index contributed by atoms with van der Waals surface area (Å²) in [6.45, 7) is 5.40. The molecule has 5 atom stereocenters. The smallest absolute Gasteiger partial charge is 0.411 e. The summed E-state index contributed by atoms with van der Waals surface area (Å²) < 4.78 is 5.35. The summed E-state index contributed by atoms with van der Waals surface area (Å²) in [5.74, 6) is 0.316. The molecule has 0 spiro atoms. The highest BCUT2D eigenvalue weighted by Gasteiger charge is 2.68. The molecule has 0 aromatic carbocycles. The van der Waals surface area contributed by atoms with Crippen molar-refractivity contribution in [1.29, 1.82) is 0 Å². The van der Waals surface area contributed by atoms with Crippen LogP contribution in [-0.2, 0) is 9.53 Å². The summed E-state index contributed by atoms with van der Waals surface area (Å²) in [6.07, 6.45) is 1.46. The van der Waals surface area contributed by atoms with Gasteiger partial charge in [0.15, 0.2) is 0 Å². The van der Waals surface area contributed by atoms with Crippen LogP contribution in [0.4, 0.5) is 4.79 Å². The molecule has 2 aliphatic carbocycles. The number of fused-ring (bicyclic) bond motifs is 5. The summed E-state index contributed by atoms with van der Waals surface area (Å²) in [7, 11) is 0. The third kappa shape index (κ3) is 1.60. The lowest BCUT2D eigenvalue weighted by molar-refractivity contribution is -0.145. The lowest BCUT2D eigenvalue weighted by Gasteiger charge is -2.34. The molecule has 2 bridgehead atoms. The number of carboxylic acid groups (broad SMARTS) is 1. The number of amides is 1. The van der Waals surface area contributed by atoms with E-state index in [9.17, 15) is 14.7 Å². The van der Waals surface area contributed by atoms with Crippen LogP contribution in [0.5, 0.6) is 0 Å². The Morgan fingerprint density at radius 3 is 2.39 bits per heavy atom. The fourth-order valence-electron chi connectivity index (χ4n) is 3.76. The summed E-state index contributed by atoms with van der Waals surface area (Å²) in [5, 5.41) is 9.34. The van der Waals surface area contributed by atoms with Crippen LogP contribution in [0.15, 0.2) is 0 Å². The zero-order valence-corrected chi connectivity index (χ0v) is 10.9. The van der Waals surface area contributed by atoms with Crippen molar-refractivity contribution in [3.05, 3.63) is 0 Å². The molecule has 0 radical (unpaired) electrons. The molecule has 0 aromatic heterocycles. The topological polar surface area (TPSA) is 66.8 Å². The second-order valence-corrected chi connectivity index (χ2v) is 6.70. The van der Waals surface area contributed by atoms with Gasteiger partial charge in [0.05, 0.1) is 0 Å². The van der Waals surface area contributed by atoms with Crippen LogP contribution < -0.4 is 0 Å². The Bertz CT molecular complexity index is 414. The van der Waals surface area contributed by atoms with Gasteiger partial charge in [0.25, 0.3) is 0 Å². The minimum atomic E-state index is -0.890. The Morgan fingerprint density at radius 2 is 1.83 bits per heavy atom. The maximum atomic E-state index is 12.2. The molecule has 5 heteroatoms. The molecule has 2 saturated carbocycles. The number of carbonyl (C=O) groups is 2. The normalized spacial score (nSPS) is 40.6. The highest BCUT2D eigenvalue weighted by atomic mass is 16.6. The van der Waals surface area contributed by atoms with E-state index in [-0.39, 0.29) is 12.0 Å². The molecule has 100 valence electrons. The van der Waals surface area contributed by atoms with Gasteiger partial charge in [-0.15, -0.1) is 0 Å². The summed E-state index contributed by atoms with van der Waals surface area (Å²) in [5.41, 5.74) is -0.578. The Kier molecular flexibility index (Phi) is 2.23. The van der Waals surface area contributed by atoms with E-state index < -0.39 is 23.7 Å². The molecular formula is C13H19NO4. The molecule has 18 heavy (non-hydrogen) atoms. The number of carbonyl (C=O) groups excluding carboxylic acids is 1. The molecule has 1 heterocycles. The number of piperidine rings is 1. The van der Waals surface area contributed by atoms with E-state index in [1.165, 1.54) is 4.90 Å². The van der Waals surface area contributed by atoms with Crippen molar-refractivity contribution >= 4 is 12.1 Å². The van der Waals surface area contributed by atoms with E-state index in [1.54, 1.807) is 20.8 Å². The minimum absolute atomic E-state index is 0.0935. The van der Waals surface area contributed by atoms with Gasteiger partial charge in [-0.25, -0.2) is 9.59 Å². The van der Waals surface area contributed by atoms with Crippen molar-refractivity contribution in [2.24, 2.45) is 17.8 Å². The molecule has 3 fully saturated rings. The summed E-state index contributed by atoms with van der Waals surface area (Å²) in [6, 6.07) is -0.579. The molecule has 1 saturated heterocycles. The maximum absolute atomic E-state index is 12.2. The molecule has 1 aliphatic heterocycles. The number of ether oxygens (including phenoxy) is 1. The zero-order valence-electron chi connectivity index (χ0n) is 10.9. The standard InChI is InChI=1S/C13H19NO4/c1-13(2,3)18-12(17)14-9-5-8(6-4-7(6)9)10(14)11(15)16/h6-10H,4-5H2,1-3H3,(H,15,16)/t6-,7+,8+,9+,10+/m1/s1. The summed E-state index contributed by atoms with van der Waals surface area (Å²) >= 11 is 0. The first-order valence-electron chi connectivity index (χ1n) is 6.54. The number of likely N-dealkylation sites (tertiary alicyclic amines) is 1. The molecule has 1 N–H and O–H groups in total. The van der Waals surface area contributed by atoms with E-state index in [0.29, 0.717) is 11.8 Å². The number of aliphatic carboxylic acids is 1. The monoisotopic (exact) mass is 253 g/mol. The van der Waals surface area contributed by atoms with E-state index in [4.69, 9.17) is 4.74 Å². The quantitative estimate of drug-likeness (QED) is 0.772. The van der Waals surface area contributed by atoms with Crippen molar-refractivity contribution in [2.45, 2.75) is 51.3 Å². The van der Waals surface area contributed by atoms with E-state index in [2.05, 4.69) is 0 Å². The van der Waals surface area contributed by atoms with E-state index in [0.717, 1.165) is 12.8 Å². The van der Waals surface area contributed by atoms with Gasteiger partial charge in [-0.05, 0) is 51.4 Å². The molecule has 1 amide bonds. The zero-order chi connectivity index (χ0) is 13.2. The third-order valence-corrected chi connectivity index (χ3v) is 4.37. The van der Waals surface area contributed by atoms with Crippen molar-refractivity contribution < 1.29 is 19.4 Å².